The molecular weight excluding hydrogens is 238 g/mol. The molecular formula is C16H27NS. The van der Waals surface area contributed by atoms with E-state index in [1.165, 1.54) is 41.0 Å². The van der Waals surface area contributed by atoms with Crippen LogP contribution in [-0.2, 0) is 6.42 Å². The lowest BCUT2D eigenvalue weighted by Crippen LogP contribution is -2.21. The molecule has 0 aromatic heterocycles. The van der Waals surface area contributed by atoms with Crippen molar-refractivity contribution >= 4 is 11.8 Å². The maximum absolute atomic E-state index is 6.02. The number of hydrogen-bond acceptors (Lipinski definition) is 2. The zero-order valence-corrected chi connectivity index (χ0v) is 12.9. The lowest BCUT2D eigenvalue weighted by molar-refractivity contribution is 0.644. The van der Waals surface area contributed by atoms with Gasteiger partial charge < -0.3 is 5.73 Å². The Morgan fingerprint density at radius 2 is 2.00 bits per heavy atom. The normalized spacial score (nSPS) is 12.7. The fourth-order valence-electron chi connectivity index (χ4n) is 1.96. The van der Waals surface area contributed by atoms with E-state index in [2.05, 4.69) is 39.0 Å². The number of benzene rings is 1. The quantitative estimate of drug-likeness (QED) is 0.551. The summed E-state index contributed by atoms with van der Waals surface area (Å²) in [5.41, 5.74) is 8.81. The van der Waals surface area contributed by atoms with Crippen molar-refractivity contribution < 1.29 is 0 Å². The molecule has 0 saturated carbocycles. The van der Waals surface area contributed by atoms with Gasteiger partial charge in [-0.1, -0.05) is 32.8 Å². The third-order valence-electron chi connectivity index (χ3n) is 3.34. The van der Waals surface area contributed by atoms with Crippen molar-refractivity contribution in [1.82, 2.24) is 0 Å². The van der Waals surface area contributed by atoms with Crippen LogP contribution in [0.15, 0.2) is 23.1 Å². The second kappa shape index (κ2) is 8.60. The molecule has 0 aliphatic carbocycles. The number of thioether (sulfide) groups is 1. The van der Waals surface area contributed by atoms with E-state index in [1.807, 2.05) is 11.8 Å². The highest BCUT2D eigenvalue weighted by atomic mass is 32.2. The maximum atomic E-state index is 6.02. The molecule has 1 atom stereocenters. The maximum Gasteiger partial charge on any atom is 0.00767 e. The highest BCUT2D eigenvalue weighted by molar-refractivity contribution is 7.99. The first kappa shape index (κ1) is 15.6. The Balaban J connectivity index is 2.51. The van der Waals surface area contributed by atoms with Gasteiger partial charge in [0, 0.05) is 10.9 Å². The van der Waals surface area contributed by atoms with Crippen molar-refractivity contribution in [3.63, 3.8) is 0 Å². The predicted octanol–water partition coefficient (Wildman–Crippen LogP) is 4.56. The van der Waals surface area contributed by atoms with Gasteiger partial charge in [-0.25, -0.2) is 0 Å². The third-order valence-corrected chi connectivity index (χ3v) is 4.42. The molecule has 0 amide bonds. The van der Waals surface area contributed by atoms with Crippen LogP contribution in [0.1, 0.15) is 50.7 Å². The molecule has 102 valence electrons. The first-order chi connectivity index (χ1) is 8.67. The minimum Gasteiger partial charge on any atom is -0.327 e. The Hall–Kier alpha value is -0.470. The van der Waals surface area contributed by atoms with Crippen LogP contribution < -0.4 is 5.73 Å². The third kappa shape index (κ3) is 5.45. The molecule has 0 aliphatic rings. The Morgan fingerprint density at radius 3 is 2.61 bits per heavy atom. The molecule has 2 heteroatoms. The van der Waals surface area contributed by atoms with Crippen molar-refractivity contribution in [2.45, 2.75) is 63.8 Å². The highest BCUT2D eigenvalue weighted by Crippen LogP contribution is 2.23. The van der Waals surface area contributed by atoms with Crippen LogP contribution in [0, 0.1) is 6.92 Å². The fourth-order valence-corrected chi connectivity index (χ4v) is 2.96. The first-order valence-corrected chi connectivity index (χ1v) is 8.13. The number of aryl methyl sites for hydroxylation is 1. The summed E-state index contributed by atoms with van der Waals surface area (Å²) in [5.74, 6) is 1.24. The number of nitrogens with two attached hydrogens (primary N) is 1. The molecule has 0 saturated heterocycles. The molecule has 2 N–H and O–H groups in total. The SMILES string of the molecule is CCCCCSc1ccc(CC(N)CC)c(C)c1. The molecule has 1 aromatic carbocycles. The standard InChI is InChI=1S/C16H27NS/c1-4-6-7-10-18-16-9-8-14(13(3)11-16)12-15(17)5-2/h8-9,11,15H,4-7,10,12,17H2,1-3H3. The van der Waals surface area contributed by atoms with E-state index in [0.29, 0.717) is 6.04 Å². The number of hydrogen-bond donors (Lipinski definition) is 1. The summed E-state index contributed by atoms with van der Waals surface area (Å²) in [6.45, 7) is 6.60. The molecule has 1 rings (SSSR count). The van der Waals surface area contributed by atoms with Gasteiger partial charge in [0.2, 0.25) is 0 Å². The van der Waals surface area contributed by atoms with Crippen LogP contribution in [0.3, 0.4) is 0 Å². The summed E-state index contributed by atoms with van der Waals surface area (Å²) in [7, 11) is 0. The average Bonchev–Trinajstić information content (AvgIpc) is 2.37. The Kier molecular flexibility index (Phi) is 7.45. The van der Waals surface area contributed by atoms with Crippen LogP contribution in [0.25, 0.3) is 0 Å². The average molecular weight is 265 g/mol. The lowest BCUT2D eigenvalue weighted by atomic mass is 10.0. The Labute approximate surface area is 117 Å². The number of rotatable bonds is 8. The summed E-state index contributed by atoms with van der Waals surface area (Å²) in [6, 6.07) is 7.12. The highest BCUT2D eigenvalue weighted by Gasteiger charge is 2.05. The van der Waals surface area contributed by atoms with Crippen molar-refractivity contribution in [2.24, 2.45) is 5.73 Å². The number of unbranched alkanes of at least 4 members (excludes halogenated alkanes) is 2. The van der Waals surface area contributed by atoms with Gasteiger partial charge in [-0.15, -0.1) is 11.8 Å². The minimum absolute atomic E-state index is 0.298. The van der Waals surface area contributed by atoms with Crippen LogP contribution in [0.5, 0.6) is 0 Å². The van der Waals surface area contributed by atoms with Crippen LogP contribution in [0.2, 0.25) is 0 Å². The van der Waals surface area contributed by atoms with E-state index in [-0.39, 0.29) is 0 Å². The van der Waals surface area contributed by atoms with Gasteiger partial charge in [0.1, 0.15) is 0 Å². The molecule has 0 heterocycles. The molecule has 18 heavy (non-hydrogen) atoms. The zero-order chi connectivity index (χ0) is 13.4. The summed E-state index contributed by atoms with van der Waals surface area (Å²) in [5, 5.41) is 0. The molecule has 1 nitrogen and oxygen atoms in total. The largest absolute Gasteiger partial charge is 0.327 e. The smallest absolute Gasteiger partial charge is 0.00767 e. The fraction of sp³-hybridized carbons (Fsp3) is 0.625. The van der Waals surface area contributed by atoms with Crippen molar-refractivity contribution in [3.05, 3.63) is 29.3 Å². The molecule has 0 spiro atoms. The van der Waals surface area contributed by atoms with Gasteiger partial charge in [-0.2, -0.15) is 0 Å². The van der Waals surface area contributed by atoms with Crippen LogP contribution >= 0.6 is 11.8 Å². The molecule has 0 fully saturated rings. The monoisotopic (exact) mass is 265 g/mol. The van der Waals surface area contributed by atoms with Gasteiger partial charge in [0.25, 0.3) is 0 Å². The van der Waals surface area contributed by atoms with Crippen molar-refractivity contribution in [1.29, 1.82) is 0 Å². The van der Waals surface area contributed by atoms with E-state index in [1.54, 1.807) is 0 Å². The van der Waals surface area contributed by atoms with Crippen LogP contribution in [-0.4, -0.2) is 11.8 Å². The van der Waals surface area contributed by atoms with Crippen LogP contribution in [0.4, 0.5) is 0 Å². The summed E-state index contributed by atoms with van der Waals surface area (Å²) < 4.78 is 0. The van der Waals surface area contributed by atoms with Gasteiger partial charge >= 0.3 is 0 Å². The predicted molar refractivity (Wildman–Crippen MR) is 83.4 cm³/mol. The summed E-state index contributed by atoms with van der Waals surface area (Å²) in [6.07, 6.45) is 6.02. The van der Waals surface area contributed by atoms with E-state index in [9.17, 15) is 0 Å². The topological polar surface area (TPSA) is 26.0 Å². The summed E-state index contributed by atoms with van der Waals surface area (Å²) in [4.78, 5) is 1.40. The van der Waals surface area contributed by atoms with E-state index < -0.39 is 0 Å². The lowest BCUT2D eigenvalue weighted by Gasteiger charge is -2.12. The molecule has 0 aliphatic heterocycles. The molecule has 1 aromatic rings. The van der Waals surface area contributed by atoms with Gasteiger partial charge in [-0.3, -0.25) is 0 Å². The molecule has 1 unspecified atom stereocenters. The van der Waals surface area contributed by atoms with E-state index in [0.717, 1.165) is 12.8 Å². The van der Waals surface area contributed by atoms with Crippen molar-refractivity contribution in [3.8, 4) is 0 Å². The van der Waals surface area contributed by atoms with E-state index >= 15 is 0 Å². The second-order valence-corrected chi connectivity index (χ2v) is 6.18. The second-order valence-electron chi connectivity index (χ2n) is 5.02. The summed E-state index contributed by atoms with van der Waals surface area (Å²) >= 11 is 1.98. The van der Waals surface area contributed by atoms with Gasteiger partial charge in [-0.05, 0) is 55.2 Å². The Bertz CT molecular complexity index is 349. The van der Waals surface area contributed by atoms with Gasteiger partial charge in [0.05, 0.1) is 0 Å². The molecule has 0 radical (unpaired) electrons. The van der Waals surface area contributed by atoms with Crippen molar-refractivity contribution in [2.75, 3.05) is 5.75 Å². The molecule has 0 bridgehead atoms. The zero-order valence-electron chi connectivity index (χ0n) is 12.0. The van der Waals surface area contributed by atoms with Gasteiger partial charge in [0.15, 0.2) is 0 Å². The minimum atomic E-state index is 0.298. The Morgan fingerprint density at radius 1 is 1.22 bits per heavy atom. The van der Waals surface area contributed by atoms with E-state index in [4.69, 9.17) is 5.73 Å². The first-order valence-electron chi connectivity index (χ1n) is 7.15.